The number of halogens is 2. The minimum atomic E-state index is -1.04. The molecule has 0 aliphatic rings. The van der Waals surface area contributed by atoms with Crippen molar-refractivity contribution in [3.05, 3.63) is 35.4 Å². The Balaban J connectivity index is 3.05. The van der Waals surface area contributed by atoms with Crippen molar-refractivity contribution in [2.24, 2.45) is 5.16 Å². The summed E-state index contributed by atoms with van der Waals surface area (Å²) in [6.07, 6.45) is 0.985. The number of hydrogen-bond donors (Lipinski definition) is 1. The molecule has 0 spiro atoms. The summed E-state index contributed by atoms with van der Waals surface area (Å²) in [5, 5.41) is 10.7. The van der Waals surface area contributed by atoms with E-state index in [1.54, 1.807) is 0 Å². The average Bonchev–Trinajstić information content (AvgIpc) is 1.98. The van der Waals surface area contributed by atoms with Crippen LogP contribution in [0.1, 0.15) is 5.56 Å². The first-order valence-electron chi connectivity index (χ1n) is 2.78. The maximum Gasteiger partial charge on any atom is 0.166 e. The highest BCUT2D eigenvalue weighted by atomic mass is 19.2. The zero-order chi connectivity index (χ0) is 8.27. The molecule has 0 amide bonds. The topological polar surface area (TPSA) is 32.6 Å². The lowest BCUT2D eigenvalue weighted by Gasteiger charge is -1.92. The highest BCUT2D eigenvalue weighted by molar-refractivity contribution is 5.78. The third-order valence-electron chi connectivity index (χ3n) is 1.08. The molecule has 4 heteroatoms. The molecule has 1 N–H and O–H groups in total. The molecule has 2 nitrogen and oxygen atoms in total. The highest BCUT2D eigenvalue weighted by Gasteiger charge is 2.00. The summed E-state index contributed by atoms with van der Waals surface area (Å²) < 4.78 is 24.6. The molecule has 0 saturated carbocycles. The van der Waals surface area contributed by atoms with E-state index in [1.165, 1.54) is 6.07 Å². The van der Waals surface area contributed by atoms with Crippen LogP contribution in [0.5, 0.6) is 0 Å². The molecule has 1 aromatic rings. The van der Waals surface area contributed by atoms with Crippen molar-refractivity contribution < 1.29 is 14.0 Å². The van der Waals surface area contributed by atoms with E-state index in [0.29, 0.717) is 0 Å². The SMILES string of the molecule is O/N=C\c1c[c]c(F)c(F)c1. The second-order valence-corrected chi connectivity index (χ2v) is 1.84. The van der Waals surface area contributed by atoms with E-state index in [2.05, 4.69) is 5.16 Å². The van der Waals surface area contributed by atoms with E-state index >= 15 is 0 Å². The molecule has 0 fully saturated rings. The Kier molecular flexibility index (Phi) is 2.15. The molecular weight excluding hydrogens is 152 g/mol. The van der Waals surface area contributed by atoms with Crippen molar-refractivity contribution in [2.75, 3.05) is 0 Å². The molecule has 0 heterocycles. The van der Waals surface area contributed by atoms with Gasteiger partial charge >= 0.3 is 0 Å². The Bertz CT molecular complexity index is 286. The summed E-state index contributed by atoms with van der Waals surface area (Å²) in [6, 6.07) is 4.10. The summed E-state index contributed by atoms with van der Waals surface area (Å²) >= 11 is 0. The molecular formula is C7H4F2NO. The first kappa shape index (κ1) is 7.65. The normalized spacial score (nSPS) is 10.7. The van der Waals surface area contributed by atoms with E-state index in [0.717, 1.165) is 12.3 Å². The van der Waals surface area contributed by atoms with E-state index < -0.39 is 11.6 Å². The van der Waals surface area contributed by atoms with Crippen molar-refractivity contribution in [3.63, 3.8) is 0 Å². The van der Waals surface area contributed by atoms with Gasteiger partial charge in [-0.05, 0) is 17.7 Å². The Hall–Kier alpha value is -1.45. The van der Waals surface area contributed by atoms with Gasteiger partial charge in [0.15, 0.2) is 11.6 Å². The van der Waals surface area contributed by atoms with Gasteiger partial charge in [0.1, 0.15) is 0 Å². The van der Waals surface area contributed by atoms with Gasteiger partial charge in [0.25, 0.3) is 0 Å². The molecule has 11 heavy (non-hydrogen) atoms. The van der Waals surface area contributed by atoms with Crippen LogP contribution < -0.4 is 0 Å². The zero-order valence-corrected chi connectivity index (χ0v) is 5.38. The minimum absolute atomic E-state index is 0.256. The van der Waals surface area contributed by atoms with Crippen molar-refractivity contribution in [3.8, 4) is 0 Å². The van der Waals surface area contributed by atoms with Gasteiger partial charge in [0.2, 0.25) is 0 Å². The number of nitrogens with zero attached hydrogens (tertiary/aromatic N) is 1. The largest absolute Gasteiger partial charge is 0.411 e. The lowest BCUT2D eigenvalue weighted by atomic mass is 10.2. The van der Waals surface area contributed by atoms with Crippen molar-refractivity contribution in [1.82, 2.24) is 0 Å². The maximum absolute atomic E-state index is 12.4. The van der Waals surface area contributed by atoms with Gasteiger partial charge in [-0.25, -0.2) is 8.78 Å². The highest BCUT2D eigenvalue weighted by Crippen LogP contribution is 2.05. The van der Waals surface area contributed by atoms with Crippen molar-refractivity contribution >= 4 is 6.21 Å². The second-order valence-electron chi connectivity index (χ2n) is 1.84. The smallest absolute Gasteiger partial charge is 0.166 e. The summed E-state index contributed by atoms with van der Waals surface area (Å²) in [7, 11) is 0. The van der Waals surface area contributed by atoms with Crippen LogP contribution in [0.4, 0.5) is 8.78 Å². The molecule has 0 atom stereocenters. The van der Waals surface area contributed by atoms with Crippen LogP contribution in [0.3, 0.4) is 0 Å². The fourth-order valence-corrected chi connectivity index (χ4v) is 0.608. The fourth-order valence-electron chi connectivity index (χ4n) is 0.608. The molecule has 0 aliphatic carbocycles. The number of benzene rings is 1. The molecule has 0 aliphatic heterocycles. The van der Waals surface area contributed by atoms with Crippen LogP contribution in [-0.4, -0.2) is 11.4 Å². The molecule has 0 aromatic heterocycles. The third kappa shape index (κ3) is 1.73. The van der Waals surface area contributed by atoms with Gasteiger partial charge in [-0.3, -0.25) is 0 Å². The summed E-state index contributed by atoms with van der Waals surface area (Å²) in [4.78, 5) is 0. The second kappa shape index (κ2) is 3.09. The fraction of sp³-hybridized carbons (Fsp3) is 0. The van der Waals surface area contributed by atoms with Crippen LogP contribution >= 0.6 is 0 Å². The number of hydrogen-bond acceptors (Lipinski definition) is 2. The quantitative estimate of drug-likeness (QED) is 0.373. The van der Waals surface area contributed by atoms with Gasteiger partial charge in [0, 0.05) is 6.07 Å². The summed E-state index contributed by atoms with van der Waals surface area (Å²) in [5.74, 6) is -2.05. The van der Waals surface area contributed by atoms with Crippen LogP contribution in [0, 0.1) is 17.7 Å². The van der Waals surface area contributed by atoms with Crippen LogP contribution in [0.15, 0.2) is 17.3 Å². The Morgan fingerprint density at radius 2 is 2.27 bits per heavy atom. The molecule has 0 saturated heterocycles. The van der Waals surface area contributed by atoms with Crippen molar-refractivity contribution in [1.29, 1.82) is 0 Å². The van der Waals surface area contributed by atoms with E-state index in [9.17, 15) is 8.78 Å². The van der Waals surface area contributed by atoms with E-state index in [1.807, 2.05) is 6.07 Å². The molecule has 1 rings (SSSR count). The predicted molar refractivity (Wildman–Crippen MR) is 34.6 cm³/mol. The number of rotatable bonds is 1. The van der Waals surface area contributed by atoms with Crippen LogP contribution in [0.2, 0.25) is 0 Å². The van der Waals surface area contributed by atoms with E-state index in [-0.39, 0.29) is 5.56 Å². The minimum Gasteiger partial charge on any atom is -0.411 e. The lowest BCUT2D eigenvalue weighted by molar-refractivity contribution is 0.322. The van der Waals surface area contributed by atoms with Crippen molar-refractivity contribution in [2.45, 2.75) is 0 Å². The lowest BCUT2D eigenvalue weighted by Crippen LogP contribution is -1.87. The first-order valence-corrected chi connectivity index (χ1v) is 2.78. The number of oxime groups is 1. The van der Waals surface area contributed by atoms with E-state index in [4.69, 9.17) is 5.21 Å². The summed E-state index contributed by atoms with van der Waals surface area (Å²) in [5.41, 5.74) is 0.256. The maximum atomic E-state index is 12.4. The molecule has 1 radical (unpaired) electrons. The van der Waals surface area contributed by atoms with Gasteiger partial charge < -0.3 is 5.21 Å². The van der Waals surface area contributed by atoms with Gasteiger partial charge in [-0.2, -0.15) is 0 Å². The predicted octanol–water partition coefficient (Wildman–Crippen LogP) is 1.57. The first-order chi connectivity index (χ1) is 5.24. The molecule has 1 aromatic carbocycles. The van der Waals surface area contributed by atoms with Gasteiger partial charge in [0.05, 0.1) is 6.21 Å². The third-order valence-corrected chi connectivity index (χ3v) is 1.08. The average molecular weight is 156 g/mol. The van der Waals surface area contributed by atoms with Crippen LogP contribution in [-0.2, 0) is 0 Å². The Morgan fingerprint density at radius 3 is 2.82 bits per heavy atom. The Morgan fingerprint density at radius 1 is 1.55 bits per heavy atom. The molecule has 0 unspecified atom stereocenters. The monoisotopic (exact) mass is 156 g/mol. The zero-order valence-electron chi connectivity index (χ0n) is 5.38. The van der Waals surface area contributed by atoms with Gasteiger partial charge in [-0.1, -0.05) is 5.16 Å². The standard InChI is InChI=1S/C7H4F2NO/c8-6-2-1-5(4-10-11)3-7(6)9/h1,3-4,11H/b10-4-. The van der Waals surface area contributed by atoms with Crippen LogP contribution in [0.25, 0.3) is 0 Å². The Labute approximate surface area is 61.8 Å². The summed E-state index contributed by atoms with van der Waals surface area (Å²) in [6.45, 7) is 0. The molecule has 57 valence electrons. The van der Waals surface area contributed by atoms with Gasteiger partial charge in [-0.15, -0.1) is 0 Å². The molecule has 0 bridgehead atoms.